The monoisotopic (exact) mass is 293 g/mol. The molecule has 0 aliphatic heterocycles. The van der Waals surface area contributed by atoms with Crippen LogP contribution in [0, 0.1) is 0 Å². The van der Waals surface area contributed by atoms with Gasteiger partial charge in [-0.05, 0) is 37.1 Å². The Balaban J connectivity index is 2.19. The summed E-state index contributed by atoms with van der Waals surface area (Å²) in [5, 5.41) is 0. The first-order valence-corrected chi connectivity index (χ1v) is 7.41. The Labute approximate surface area is 133 Å². The van der Waals surface area contributed by atoms with E-state index >= 15 is 0 Å². The van der Waals surface area contributed by atoms with Gasteiger partial charge >= 0.3 is 0 Å². The van der Waals surface area contributed by atoms with Gasteiger partial charge in [0.15, 0.2) is 0 Å². The highest BCUT2D eigenvalue weighted by atomic mass is 16.5. The van der Waals surface area contributed by atoms with Crippen molar-refractivity contribution in [3.05, 3.63) is 78.0 Å². The van der Waals surface area contributed by atoms with Crippen LogP contribution in [-0.2, 0) is 6.61 Å². The molecular weight excluding hydrogens is 270 g/mol. The molecule has 2 rings (SSSR count). The number of anilines is 1. The van der Waals surface area contributed by atoms with E-state index < -0.39 is 0 Å². The molecule has 2 aromatic carbocycles. The highest BCUT2D eigenvalue weighted by Crippen LogP contribution is 2.27. The number of allylic oxidation sites excluding steroid dienone is 1. The molecule has 0 radical (unpaired) electrons. The Kier molecular flexibility index (Phi) is 5.42. The zero-order valence-electron chi connectivity index (χ0n) is 13.5. The van der Waals surface area contributed by atoms with E-state index in [2.05, 4.69) is 49.7 Å². The summed E-state index contributed by atoms with van der Waals surface area (Å²) in [6.45, 7) is 8.62. The van der Waals surface area contributed by atoms with Gasteiger partial charge in [0.25, 0.3) is 0 Å². The molecule has 0 amide bonds. The van der Waals surface area contributed by atoms with E-state index in [9.17, 15) is 0 Å². The lowest BCUT2D eigenvalue weighted by Gasteiger charge is -2.19. The molecule has 0 N–H and O–H groups in total. The van der Waals surface area contributed by atoms with Gasteiger partial charge in [0, 0.05) is 19.3 Å². The van der Waals surface area contributed by atoms with Crippen molar-refractivity contribution in [2.24, 2.45) is 0 Å². The summed E-state index contributed by atoms with van der Waals surface area (Å²) in [5.41, 5.74) is 4.58. The van der Waals surface area contributed by atoms with Crippen LogP contribution < -0.4 is 9.64 Å². The maximum atomic E-state index is 5.91. The summed E-state index contributed by atoms with van der Waals surface area (Å²) >= 11 is 0. The third-order valence-corrected chi connectivity index (χ3v) is 3.30. The summed E-state index contributed by atoms with van der Waals surface area (Å²) in [6, 6.07) is 16.3. The number of hydrogen-bond donors (Lipinski definition) is 0. The van der Waals surface area contributed by atoms with E-state index in [4.69, 9.17) is 4.74 Å². The SMILES string of the molecule is C=Cc1ccc(OCc2ccccc2)cc1N(C)C=C(C)C. The maximum Gasteiger partial charge on any atom is 0.121 e. The fourth-order valence-corrected chi connectivity index (χ4v) is 2.29. The van der Waals surface area contributed by atoms with E-state index in [0.717, 1.165) is 22.6 Å². The molecular formula is C20H23NO. The lowest BCUT2D eigenvalue weighted by molar-refractivity contribution is 0.306. The molecule has 2 heteroatoms. The normalized spacial score (nSPS) is 9.95. The number of nitrogens with zero attached hydrogens (tertiary/aromatic N) is 1. The average molecular weight is 293 g/mol. The predicted molar refractivity (Wildman–Crippen MR) is 95.1 cm³/mol. The molecule has 114 valence electrons. The van der Waals surface area contributed by atoms with E-state index in [1.165, 1.54) is 5.57 Å². The van der Waals surface area contributed by atoms with E-state index in [1.807, 2.05) is 43.5 Å². The maximum absolute atomic E-state index is 5.91. The minimum absolute atomic E-state index is 0.570. The summed E-state index contributed by atoms with van der Waals surface area (Å²) in [7, 11) is 2.04. The molecule has 0 bridgehead atoms. The Morgan fingerprint density at radius 3 is 2.50 bits per heavy atom. The summed E-state index contributed by atoms with van der Waals surface area (Å²) in [5.74, 6) is 0.860. The molecule has 22 heavy (non-hydrogen) atoms. The van der Waals surface area contributed by atoms with Gasteiger partial charge in [-0.1, -0.05) is 48.6 Å². The van der Waals surface area contributed by atoms with Crippen LogP contribution in [0.3, 0.4) is 0 Å². The van der Waals surface area contributed by atoms with Crippen molar-refractivity contribution in [3.8, 4) is 5.75 Å². The fraction of sp³-hybridized carbons (Fsp3) is 0.200. The smallest absolute Gasteiger partial charge is 0.121 e. The van der Waals surface area contributed by atoms with Gasteiger partial charge < -0.3 is 9.64 Å². The molecule has 2 aromatic rings. The van der Waals surface area contributed by atoms with E-state index in [-0.39, 0.29) is 0 Å². The molecule has 0 aromatic heterocycles. The van der Waals surface area contributed by atoms with Gasteiger partial charge in [0.05, 0.1) is 5.69 Å². The van der Waals surface area contributed by atoms with Crippen molar-refractivity contribution in [1.29, 1.82) is 0 Å². The number of ether oxygens (including phenoxy) is 1. The lowest BCUT2D eigenvalue weighted by atomic mass is 10.1. The van der Waals surface area contributed by atoms with Crippen molar-refractivity contribution in [3.63, 3.8) is 0 Å². The van der Waals surface area contributed by atoms with Crippen LogP contribution in [0.2, 0.25) is 0 Å². The van der Waals surface area contributed by atoms with Gasteiger partial charge in [-0.15, -0.1) is 0 Å². The van der Waals surface area contributed by atoms with Crippen LogP contribution in [0.1, 0.15) is 25.0 Å². The van der Waals surface area contributed by atoms with Crippen molar-refractivity contribution >= 4 is 11.8 Å². The second-order valence-electron chi connectivity index (χ2n) is 5.52. The molecule has 2 nitrogen and oxygen atoms in total. The Morgan fingerprint density at radius 2 is 1.86 bits per heavy atom. The minimum atomic E-state index is 0.570. The molecule has 0 heterocycles. The van der Waals surface area contributed by atoms with Crippen molar-refractivity contribution in [2.45, 2.75) is 20.5 Å². The third kappa shape index (κ3) is 4.26. The van der Waals surface area contributed by atoms with Crippen LogP contribution >= 0.6 is 0 Å². The second-order valence-corrected chi connectivity index (χ2v) is 5.52. The summed E-state index contributed by atoms with van der Waals surface area (Å²) in [4.78, 5) is 2.10. The molecule has 0 spiro atoms. The fourth-order valence-electron chi connectivity index (χ4n) is 2.29. The van der Waals surface area contributed by atoms with Gasteiger partial charge in [-0.25, -0.2) is 0 Å². The van der Waals surface area contributed by atoms with E-state index in [0.29, 0.717) is 6.61 Å². The number of benzene rings is 2. The largest absolute Gasteiger partial charge is 0.489 e. The molecule has 0 fully saturated rings. The van der Waals surface area contributed by atoms with Gasteiger partial charge in [-0.2, -0.15) is 0 Å². The number of rotatable bonds is 6. The van der Waals surface area contributed by atoms with Crippen LogP contribution in [0.25, 0.3) is 6.08 Å². The van der Waals surface area contributed by atoms with Crippen LogP contribution in [0.4, 0.5) is 5.69 Å². The van der Waals surface area contributed by atoms with Crippen molar-refractivity contribution in [1.82, 2.24) is 0 Å². The van der Waals surface area contributed by atoms with Crippen molar-refractivity contribution < 1.29 is 4.74 Å². The molecule has 0 saturated heterocycles. The highest BCUT2D eigenvalue weighted by Gasteiger charge is 2.06. The molecule has 0 unspecified atom stereocenters. The van der Waals surface area contributed by atoms with Gasteiger partial charge in [-0.3, -0.25) is 0 Å². The predicted octanol–water partition coefficient (Wildman–Crippen LogP) is 5.27. The van der Waals surface area contributed by atoms with E-state index in [1.54, 1.807) is 0 Å². The first-order valence-electron chi connectivity index (χ1n) is 7.41. The Morgan fingerprint density at radius 1 is 1.14 bits per heavy atom. The third-order valence-electron chi connectivity index (χ3n) is 3.30. The first kappa shape index (κ1) is 15.9. The minimum Gasteiger partial charge on any atom is -0.489 e. The standard InChI is InChI=1S/C20H23NO/c1-5-18-11-12-19(13-20(18)21(4)14-16(2)3)22-15-17-9-7-6-8-10-17/h5-14H,1,15H2,2-4H3. The summed E-state index contributed by atoms with van der Waals surface area (Å²) in [6.07, 6.45) is 3.97. The molecule has 0 saturated carbocycles. The number of hydrogen-bond acceptors (Lipinski definition) is 2. The van der Waals surface area contributed by atoms with Crippen LogP contribution in [0.5, 0.6) is 5.75 Å². The molecule has 0 aliphatic rings. The highest BCUT2D eigenvalue weighted by molar-refractivity contribution is 5.69. The average Bonchev–Trinajstić information content (AvgIpc) is 2.53. The molecule has 0 atom stereocenters. The summed E-state index contributed by atoms with van der Waals surface area (Å²) < 4.78 is 5.91. The lowest BCUT2D eigenvalue weighted by Crippen LogP contribution is -2.10. The quantitative estimate of drug-likeness (QED) is 0.719. The van der Waals surface area contributed by atoms with Crippen LogP contribution in [0.15, 0.2) is 66.9 Å². The second kappa shape index (κ2) is 7.51. The topological polar surface area (TPSA) is 12.5 Å². The Hall–Kier alpha value is -2.48. The van der Waals surface area contributed by atoms with Gasteiger partial charge in [0.2, 0.25) is 0 Å². The molecule has 0 aliphatic carbocycles. The first-order chi connectivity index (χ1) is 10.6. The van der Waals surface area contributed by atoms with Crippen molar-refractivity contribution in [2.75, 3.05) is 11.9 Å². The van der Waals surface area contributed by atoms with Crippen LogP contribution in [-0.4, -0.2) is 7.05 Å². The Bertz CT molecular complexity index is 655. The zero-order chi connectivity index (χ0) is 15.9. The zero-order valence-corrected chi connectivity index (χ0v) is 13.5. The van der Waals surface area contributed by atoms with Gasteiger partial charge in [0.1, 0.15) is 12.4 Å².